The molecule has 4 rings (SSSR count). The van der Waals surface area contributed by atoms with Gasteiger partial charge in [0.2, 0.25) is 5.43 Å². The Labute approximate surface area is 165 Å². The van der Waals surface area contributed by atoms with Crippen molar-refractivity contribution in [2.75, 3.05) is 31.2 Å². The van der Waals surface area contributed by atoms with Crippen LogP contribution in [0.5, 0.6) is 0 Å². The number of ether oxygens (including phenoxy) is 1. The van der Waals surface area contributed by atoms with Crippen molar-refractivity contribution >= 4 is 16.7 Å². The molecule has 3 heterocycles. The Morgan fingerprint density at radius 1 is 1.17 bits per heavy atom. The van der Waals surface area contributed by atoms with E-state index in [1.165, 1.54) is 19.1 Å². The van der Waals surface area contributed by atoms with Gasteiger partial charge >= 0.3 is 6.18 Å². The van der Waals surface area contributed by atoms with Gasteiger partial charge in [-0.15, -0.1) is 0 Å². The number of benzene rings is 1. The molecule has 0 amide bonds. The number of aromatic nitrogens is 2. The summed E-state index contributed by atoms with van der Waals surface area (Å²) in [4.78, 5) is 18.7. The first-order chi connectivity index (χ1) is 13.8. The van der Waals surface area contributed by atoms with Crippen molar-refractivity contribution < 1.29 is 17.9 Å². The van der Waals surface area contributed by atoms with E-state index in [0.29, 0.717) is 29.8 Å². The van der Waals surface area contributed by atoms with Gasteiger partial charge in [-0.1, -0.05) is 12.1 Å². The number of halogens is 3. The highest BCUT2D eigenvalue weighted by molar-refractivity contribution is 5.78. The normalized spacial score (nSPS) is 15.1. The highest BCUT2D eigenvalue weighted by Gasteiger charge is 2.32. The number of pyridine rings is 2. The van der Waals surface area contributed by atoms with Gasteiger partial charge in [-0.05, 0) is 30.2 Å². The molecule has 1 saturated heterocycles. The van der Waals surface area contributed by atoms with Crippen LogP contribution in [-0.4, -0.2) is 35.9 Å². The molecule has 0 aliphatic carbocycles. The molecule has 3 aromatic rings. The summed E-state index contributed by atoms with van der Waals surface area (Å²) in [7, 11) is 0. The largest absolute Gasteiger partial charge is 0.416 e. The van der Waals surface area contributed by atoms with E-state index >= 15 is 0 Å². The van der Waals surface area contributed by atoms with Crippen molar-refractivity contribution in [3.05, 3.63) is 69.6 Å². The van der Waals surface area contributed by atoms with Gasteiger partial charge in [-0.3, -0.25) is 4.79 Å². The number of rotatable bonds is 3. The Hall–Kier alpha value is -2.87. The first kappa shape index (κ1) is 19.4. The molecule has 0 bridgehead atoms. The monoisotopic (exact) mass is 403 g/mol. The molecule has 0 radical (unpaired) electrons. The van der Waals surface area contributed by atoms with Crippen molar-refractivity contribution in [2.45, 2.75) is 19.6 Å². The molecule has 0 unspecified atom stereocenters. The average molecular weight is 403 g/mol. The van der Waals surface area contributed by atoms with E-state index in [1.807, 2.05) is 6.07 Å². The summed E-state index contributed by atoms with van der Waals surface area (Å²) in [6.45, 7) is 4.35. The summed E-state index contributed by atoms with van der Waals surface area (Å²) in [5.74, 6) is 0. The zero-order chi connectivity index (χ0) is 20.6. The quantitative estimate of drug-likeness (QED) is 0.670. The standard InChI is InChI=1S/C21H20F3N3O2/c1-14-15(3-2-4-17(14)21(22,23)24)13-27-6-5-19(28)20-18(27)11-16(12-25-20)26-7-9-29-10-8-26/h2-6,11-12H,7-10,13H2,1H3. The molecule has 2 aromatic heterocycles. The predicted octanol–water partition coefficient (Wildman–Crippen LogP) is 3.61. The Kier molecular flexibility index (Phi) is 5.04. The van der Waals surface area contributed by atoms with Gasteiger partial charge in [-0.25, -0.2) is 4.98 Å². The first-order valence-corrected chi connectivity index (χ1v) is 9.32. The number of morpholine rings is 1. The third-order valence-corrected chi connectivity index (χ3v) is 5.27. The van der Waals surface area contributed by atoms with Crippen molar-refractivity contribution in [1.29, 1.82) is 0 Å². The topological polar surface area (TPSA) is 47.4 Å². The minimum atomic E-state index is -4.41. The molecular formula is C21H20F3N3O2. The Balaban J connectivity index is 1.78. The van der Waals surface area contributed by atoms with Crippen LogP contribution >= 0.6 is 0 Å². The van der Waals surface area contributed by atoms with Gasteiger partial charge in [-0.2, -0.15) is 13.2 Å². The van der Waals surface area contributed by atoms with E-state index < -0.39 is 11.7 Å². The van der Waals surface area contributed by atoms with Gasteiger partial charge in [0.15, 0.2) is 0 Å². The second kappa shape index (κ2) is 7.51. The number of alkyl halides is 3. The van der Waals surface area contributed by atoms with Gasteiger partial charge < -0.3 is 14.2 Å². The summed E-state index contributed by atoms with van der Waals surface area (Å²) < 4.78 is 46.9. The molecular weight excluding hydrogens is 383 g/mol. The van der Waals surface area contributed by atoms with Crippen LogP contribution in [0.1, 0.15) is 16.7 Å². The lowest BCUT2D eigenvalue weighted by Crippen LogP contribution is -2.36. The number of hydrogen-bond donors (Lipinski definition) is 0. The Morgan fingerprint density at radius 2 is 1.93 bits per heavy atom. The molecule has 0 N–H and O–H groups in total. The average Bonchev–Trinajstić information content (AvgIpc) is 2.71. The van der Waals surface area contributed by atoms with Crippen LogP contribution in [0.25, 0.3) is 11.0 Å². The van der Waals surface area contributed by atoms with Crippen molar-refractivity contribution in [3.63, 3.8) is 0 Å². The fourth-order valence-electron chi connectivity index (χ4n) is 3.65. The van der Waals surface area contributed by atoms with Crippen LogP contribution in [0.3, 0.4) is 0 Å². The Bertz CT molecular complexity index is 1100. The van der Waals surface area contributed by atoms with Crippen LogP contribution in [0.15, 0.2) is 47.5 Å². The molecule has 5 nitrogen and oxygen atoms in total. The lowest BCUT2D eigenvalue weighted by Gasteiger charge is -2.28. The summed E-state index contributed by atoms with van der Waals surface area (Å²) in [5.41, 5.74) is 1.62. The van der Waals surface area contributed by atoms with E-state index in [-0.39, 0.29) is 17.5 Å². The van der Waals surface area contributed by atoms with Gasteiger partial charge in [0.05, 0.1) is 36.2 Å². The van der Waals surface area contributed by atoms with Crippen LogP contribution in [0.4, 0.5) is 18.9 Å². The number of hydrogen-bond acceptors (Lipinski definition) is 4. The predicted molar refractivity (Wildman–Crippen MR) is 104 cm³/mol. The second-order valence-corrected chi connectivity index (χ2v) is 7.06. The first-order valence-electron chi connectivity index (χ1n) is 9.32. The van der Waals surface area contributed by atoms with Crippen LogP contribution in [0, 0.1) is 6.92 Å². The minimum absolute atomic E-state index is 0.184. The number of nitrogens with zero attached hydrogens (tertiary/aromatic N) is 3. The molecule has 8 heteroatoms. The van der Waals surface area contributed by atoms with Gasteiger partial charge in [0, 0.05) is 31.9 Å². The molecule has 0 spiro atoms. The summed E-state index contributed by atoms with van der Waals surface area (Å²) in [5, 5.41) is 0. The van der Waals surface area contributed by atoms with Crippen LogP contribution in [-0.2, 0) is 17.5 Å². The van der Waals surface area contributed by atoms with E-state index in [0.717, 1.165) is 24.8 Å². The van der Waals surface area contributed by atoms with Crippen molar-refractivity contribution in [1.82, 2.24) is 9.55 Å². The number of anilines is 1. The zero-order valence-corrected chi connectivity index (χ0v) is 15.9. The third-order valence-electron chi connectivity index (χ3n) is 5.27. The maximum absolute atomic E-state index is 13.3. The molecule has 0 saturated carbocycles. The lowest BCUT2D eigenvalue weighted by molar-refractivity contribution is -0.138. The van der Waals surface area contributed by atoms with Crippen molar-refractivity contribution in [3.8, 4) is 0 Å². The maximum atomic E-state index is 13.3. The van der Waals surface area contributed by atoms with E-state index in [4.69, 9.17) is 4.74 Å². The Morgan fingerprint density at radius 3 is 2.66 bits per heavy atom. The van der Waals surface area contributed by atoms with E-state index in [1.54, 1.807) is 23.0 Å². The highest BCUT2D eigenvalue weighted by Crippen LogP contribution is 2.33. The fourth-order valence-corrected chi connectivity index (χ4v) is 3.65. The lowest BCUT2D eigenvalue weighted by atomic mass is 10.0. The molecule has 1 aliphatic heterocycles. The van der Waals surface area contributed by atoms with Crippen molar-refractivity contribution in [2.24, 2.45) is 0 Å². The molecule has 1 aromatic carbocycles. The summed E-state index contributed by atoms with van der Waals surface area (Å²) in [6.07, 6.45) is -1.14. The smallest absolute Gasteiger partial charge is 0.378 e. The third kappa shape index (κ3) is 3.85. The zero-order valence-electron chi connectivity index (χ0n) is 15.9. The summed E-state index contributed by atoms with van der Waals surface area (Å²) >= 11 is 0. The molecule has 29 heavy (non-hydrogen) atoms. The van der Waals surface area contributed by atoms with E-state index in [2.05, 4.69) is 9.88 Å². The van der Waals surface area contributed by atoms with Gasteiger partial charge in [0.25, 0.3) is 0 Å². The molecule has 152 valence electrons. The molecule has 1 fully saturated rings. The SMILES string of the molecule is Cc1c(Cn2ccc(=O)c3ncc(N4CCOCC4)cc32)cccc1C(F)(F)F. The van der Waals surface area contributed by atoms with Crippen LogP contribution < -0.4 is 10.3 Å². The fraction of sp³-hybridized carbons (Fsp3) is 0.333. The second-order valence-electron chi connectivity index (χ2n) is 7.06. The maximum Gasteiger partial charge on any atom is 0.416 e. The summed E-state index contributed by atoms with van der Waals surface area (Å²) in [6, 6.07) is 7.44. The van der Waals surface area contributed by atoms with Gasteiger partial charge in [0.1, 0.15) is 5.52 Å². The molecule has 0 atom stereocenters. The highest BCUT2D eigenvalue weighted by atomic mass is 19.4. The molecule has 1 aliphatic rings. The van der Waals surface area contributed by atoms with E-state index in [9.17, 15) is 18.0 Å². The number of fused-ring (bicyclic) bond motifs is 1. The van der Waals surface area contributed by atoms with Crippen LogP contribution in [0.2, 0.25) is 0 Å². The minimum Gasteiger partial charge on any atom is -0.378 e.